The van der Waals surface area contributed by atoms with Gasteiger partial charge in [0.2, 0.25) is 5.91 Å². The Morgan fingerprint density at radius 3 is 2.80 bits per heavy atom. The molecule has 3 heterocycles. The Balaban J connectivity index is 1.42. The summed E-state index contributed by atoms with van der Waals surface area (Å²) in [5.74, 6) is 1.83. The molecule has 0 radical (unpaired) electrons. The number of nitrogens with one attached hydrogen (secondary N) is 1. The first kappa shape index (κ1) is 20.6. The number of hydrogen-bond donors (Lipinski definition) is 1. The van der Waals surface area contributed by atoms with Crippen molar-refractivity contribution in [2.75, 3.05) is 44.7 Å². The summed E-state index contributed by atoms with van der Waals surface area (Å²) in [4.78, 5) is 26.2. The van der Waals surface area contributed by atoms with Crippen LogP contribution in [0.2, 0.25) is 0 Å². The second-order valence-electron chi connectivity index (χ2n) is 8.09. The van der Waals surface area contributed by atoms with Crippen molar-refractivity contribution in [1.82, 2.24) is 20.2 Å². The van der Waals surface area contributed by atoms with Gasteiger partial charge in [-0.3, -0.25) is 14.7 Å². The van der Waals surface area contributed by atoms with Crippen molar-refractivity contribution < 1.29 is 9.53 Å². The molecule has 1 aromatic carbocycles. The molecule has 1 aromatic heterocycles. The van der Waals surface area contributed by atoms with Crippen LogP contribution in [0.4, 0.5) is 5.82 Å². The Kier molecular flexibility index (Phi) is 6.79. The molecule has 1 N–H and O–H groups in total. The molecular weight excluding hydrogens is 378 g/mol. The summed E-state index contributed by atoms with van der Waals surface area (Å²) in [5, 5.41) is 3.25. The van der Waals surface area contributed by atoms with Gasteiger partial charge in [-0.15, -0.1) is 0 Å². The first-order valence-corrected chi connectivity index (χ1v) is 10.9. The number of anilines is 1. The third-order valence-corrected chi connectivity index (χ3v) is 6.21. The molecule has 4 rings (SSSR count). The molecular formula is C23H31N5O2. The molecule has 0 spiro atoms. The molecule has 2 saturated heterocycles. The normalized spacial score (nSPS) is 20.7. The van der Waals surface area contributed by atoms with Crippen LogP contribution in [0.1, 0.15) is 37.3 Å². The quantitative estimate of drug-likeness (QED) is 0.758. The third-order valence-electron chi connectivity index (χ3n) is 6.21. The van der Waals surface area contributed by atoms with Crippen LogP contribution in [0.25, 0.3) is 0 Å². The minimum absolute atomic E-state index is 0.0300. The van der Waals surface area contributed by atoms with Crippen LogP contribution in [0.3, 0.4) is 0 Å². The van der Waals surface area contributed by atoms with Gasteiger partial charge in [-0.1, -0.05) is 18.2 Å². The highest BCUT2D eigenvalue weighted by molar-refractivity contribution is 5.79. The zero-order valence-electron chi connectivity index (χ0n) is 17.7. The second-order valence-corrected chi connectivity index (χ2v) is 8.09. The minimum Gasteiger partial charge on any atom is -0.496 e. The number of aromatic nitrogens is 2. The van der Waals surface area contributed by atoms with Crippen LogP contribution in [0.15, 0.2) is 42.9 Å². The molecule has 0 bridgehead atoms. The summed E-state index contributed by atoms with van der Waals surface area (Å²) in [6.07, 6.45) is 9.44. The number of carbonyl (C=O) groups is 1. The van der Waals surface area contributed by atoms with E-state index in [1.165, 1.54) is 12.8 Å². The van der Waals surface area contributed by atoms with Crippen LogP contribution in [-0.4, -0.2) is 60.6 Å². The van der Waals surface area contributed by atoms with Gasteiger partial charge in [0, 0.05) is 37.6 Å². The lowest BCUT2D eigenvalue weighted by Gasteiger charge is -2.34. The molecule has 7 nitrogen and oxygen atoms in total. The molecule has 1 amide bonds. The number of nitrogens with zero attached hydrogens (tertiary/aromatic N) is 4. The fourth-order valence-electron chi connectivity index (χ4n) is 4.63. The van der Waals surface area contributed by atoms with E-state index in [9.17, 15) is 4.79 Å². The van der Waals surface area contributed by atoms with Gasteiger partial charge in [-0.25, -0.2) is 4.98 Å². The van der Waals surface area contributed by atoms with Crippen molar-refractivity contribution >= 4 is 11.7 Å². The lowest BCUT2D eigenvalue weighted by atomic mass is 9.96. The van der Waals surface area contributed by atoms with Crippen LogP contribution >= 0.6 is 0 Å². The zero-order chi connectivity index (χ0) is 20.8. The first-order chi connectivity index (χ1) is 14.8. The van der Waals surface area contributed by atoms with Crippen LogP contribution in [-0.2, 0) is 4.79 Å². The number of rotatable bonds is 7. The van der Waals surface area contributed by atoms with E-state index in [1.807, 2.05) is 18.2 Å². The number of ether oxygens (including phenoxy) is 1. The third kappa shape index (κ3) is 4.73. The number of likely N-dealkylation sites (tertiary alicyclic amines) is 1. The summed E-state index contributed by atoms with van der Waals surface area (Å²) in [5.41, 5.74) is 1.15. The molecule has 2 aliphatic rings. The SMILES string of the molecule is COc1ccccc1[C@@H](CNC(=O)[C@@H]1CCCN(c2cnccn2)C1)N1CCCC1. The maximum atomic E-state index is 13.1. The maximum absolute atomic E-state index is 13.1. The minimum atomic E-state index is -0.0300. The van der Waals surface area contributed by atoms with Crippen molar-refractivity contribution in [2.24, 2.45) is 5.92 Å². The Morgan fingerprint density at radius 2 is 2.03 bits per heavy atom. The standard InChI is InChI=1S/C23H31N5O2/c1-30-21-9-3-2-8-19(21)20(27-12-4-5-13-27)15-26-23(29)18-7-6-14-28(17-18)22-16-24-10-11-25-22/h2-3,8-11,16,18,20H,4-7,12-15,17H2,1H3,(H,26,29)/t18-,20-/m1/s1. The predicted molar refractivity (Wildman–Crippen MR) is 117 cm³/mol. The number of hydrogen-bond acceptors (Lipinski definition) is 6. The highest BCUT2D eigenvalue weighted by Crippen LogP contribution is 2.31. The van der Waals surface area contributed by atoms with Crippen LogP contribution < -0.4 is 15.0 Å². The van der Waals surface area contributed by atoms with Gasteiger partial charge in [-0.05, 0) is 44.8 Å². The highest BCUT2D eigenvalue weighted by Gasteiger charge is 2.30. The first-order valence-electron chi connectivity index (χ1n) is 10.9. The maximum Gasteiger partial charge on any atom is 0.224 e. The van der Waals surface area contributed by atoms with Gasteiger partial charge in [0.25, 0.3) is 0 Å². The molecule has 7 heteroatoms. The number of amides is 1. The molecule has 0 aliphatic carbocycles. The average molecular weight is 410 g/mol. The number of piperidine rings is 1. The Bertz CT molecular complexity index is 825. The van der Waals surface area contributed by atoms with E-state index in [-0.39, 0.29) is 17.9 Å². The smallest absolute Gasteiger partial charge is 0.224 e. The predicted octanol–water partition coefficient (Wildman–Crippen LogP) is 2.65. The molecule has 30 heavy (non-hydrogen) atoms. The second kappa shape index (κ2) is 9.89. The van der Waals surface area contributed by atoms with Crippen LogP contribution in [0, 0.1) is 5.92 Å². The molecule has 2 atom stereocenters. The van der Waals surface area contributed by atoms with Gasteiger partial charge in [0.1, 0.15) is 11.6 Å². The molecule has 2 fully saturated rings. The monoisotopic (exact) mass is 409 g/mol. The van der Waals surface area contributed by atoms with Gasteiger partial charge >= 0.3 is 0 Å². The molecule has 0 saturated carbocycles. The Morgan fingerprint density at radius 1 is 1.20 bits per heavy atom. The van der Waals surface area contributed by atoms with Gasteiger partial charge in [0.05, 0.1) is 25.3 Å². The molecule has 2 aromatic rings. The summed E-state index contributed by atoms with van der Waals surface area (Å²) in [7, 11) is 1.71. The summed E-state index contributed by atoms with van der Waals surface area (Å²) in [6, 6.07) is 8.28. The molecule has 2 aliphatic heterocycles. The topological polar surface area (TPSA) is 70.6 Å². The van der Waals surface area contributed by atoms with Crippen molar-refractivity contribution in [3.63, 3.8) is 0 Å². The lowest BCUT2D eigenvalue weighted by Crippen LogP contribution is -2.45. The summed E-state index contributed by atoms with van der Waals surface area (Å²) >= 11 is 0. The van der Waals surface area contributed by atoms with Crippen LogP contribution in [0.5, 0.6) is 5.75 Å². The Labute approximate surface area is 178 Å². The van der Waals surface area contributed by atoms with E-state index in [1.54, 1.807) is 25.7 Å². The van der Waals surface area contributed by atoms with E-state index in [4.69, 9.17) is 4.74 Å². The average Bonchev–Trinajstić information content (AvgIpc) is 3.35. The van der Waals surface area contributed by atoms with E-state index in [0.717, 1.165) is 49.6 Å². The van der Waals surface area contributed by atoms with E-state index < -0.39 is 0 Å². The van der Waals surface area contributed by atoms with E-state index >= 15 is 0 Å². The number of methoxy groups -OCH3 is 1. The summed E-state index contributed by atoms with van der Waals surface area (Å²) < 4.78 is 5.61. The molecule has 0 unspecified atom stereocenters. The highest BCUT2D eigenvalue weighted by atomic mass is 16.5. The van der Waals surface area contributed by atoms with Gasteiger partial charge in [-0.2, -0.15) is 0 Å². The lowest BCUT2D eigenvalue weighted by molar-refractivity contribution is -0.125. The fourth-order valence-corrected chi connectivity index (χ4v) is 4.63. The molecule has 160 valence electrons. The largest absolute Gasteiger partial charge is 0.496 e. The van der Waals surface area contributed by atoms with Crippen molar-refractivity contribution in [3.8, 4) is 5.75 Å². The zero-order valence-corrected chi connectivity index (χ0v) is 17.7. The van der Waals surface area contributed by atoms with Crippen molar-refractivity contribution in [1.29, 1.82) is 0 Å². The van der Waals surface area contributed by atoms with Crippen molar-refractivity contribution in [2.45, 2.75) is 31.7 Å². The van der Waals surface area contributed by atoms with Gasteiger partial charge in [0.15, 0.2) is 0 Å². The summed E-state index contributed by atoms with van der Waals surface area (Å²) in [6.45, 7) is 4.32. The number of para-hydroxylation sites is 1. The van der Waals surface area contributed by atoms with E-state index in [2.05, 4.69) is 31.2 Å². The number of benzene rings is 1. The van der Waals surface area contributed by atoms with Crippen molar-refractivity contribution in [3.05, 3.63) is 48.4 Å². The fraction of sp³-hybridized carbons (Fsp3) is 0.522. The Hall–Kier alpha value is -2.67. The van der Waals surface area contributed by atoms with E-state index in [0.29, 0.717) is 13.1 Å². The van der Waals surface area contributed by atoms with Gasteiger partial charge < -0.3 is 15.0 Å². The number of carbonyl (C=O) groups excluding carboxylic acids is 1.